The maximum absolute atomic E-state index is 11.7. The summed E-state index contributed by atoms with van der Waals surface area (Å²) in [5.41, 5.74) is 4.28. The predicted octanol–water partition coefficient (Wildman–Crippen LogP) is 5.93. The van der Waals surface area contributed by atoms with Crippen LogP contribution in [-0.4, -0.2) is 17.5 Å². The summed E-state index contributed by atoms with van der Waals surface area (Å²) in [6.07, 6.45) is 6.90. The van der Waals surface area contributed by atoms with Gasteiger partial charge in [-0.25, -0.2) is 0 Å². The van der Waals surface area contributed by atoms with E-state index in [1.807, 2.05) is 12.1 Å². The number of nitrogens with zero attached hydrogens (tertiary/aromatic N) is 2. The average molecular weight is 382 g/mol. The number of piperidine rings is 1. The molecule has 0 aromatic heterocycles. The van der Waals surface area contributed by atoms with Gasteiger partial charge in [-0.15, -0.1) is 0 Å². The number of anilines is 2. The number of aryl methyl sites for hydroxylation is 1. The number of nitro benzene ring substituents is 1. The Morgan fingerprint density at radius 2 is 1.89 bits per heavy atom. The van der Waals surface area contributed by atoms with Gasteiger partial charge in [-0.05, 0) is 68.4 Å². The zero-order valence-electron chi connectivity index (χ0n) is 17.0. The van der Waals surface area contributed by atoms with Crippen LogP contribution in [0, 0.1) is 10.1 Å². The lowest BCUT2D eigenvalue weighted by Gasteiger charge is -2.35. The molecule has 3 rings (SSSR count). The van der Waals surface area contributed by atoms with Gasteiger partial charge in [0.15, 0.2) is 0 Å². The van der Waals surface area contributed by atoms with E-state index in [1.165, 1.54) is 24.8 Å². The highest BCUT2D eigenvalue weighted by Gasteiger charge is 2.25. The maximum Gasteiger partial charge on any atom is 0.292 e. The molecule has 5 heteroatoms. The quantitative estimate of drug-likeness (QED) is 0.455. The highest BCUT2D eigenvalue weighted by Crippen LogP contribution is 2.33. The van der Waals surface area contributed by atoms with E-state index in [2.05, 4.69) is 48.3 Å². The van der Waals surface area contributed by atoms with Gasteiger partial charge >= 0.3 is 0 Å². The predicted molar refractivity (Wildman–Crippen MR) is 116 cm³/mol. The zero-order chi connectivity index (χ0) is 19.9. The van der Waals surface area contributed by atoms with Gasteiger partial charge in [0.2, 0.25) is 0 Å². The minimum atomic E-state index is -0.247. The lowest BCUT2D eigenvalue weighted by Crippen LogP contribution is -2.37. The summed E-state index contributed by atoms with van der Waals surface area (Å²) in [5.74, 6) is 0. The molecule has 0 amide bonds. The Morgan fingerprint density at radius 1 is 1.14 bits per heavy atom. The fourth-order valence-corrected chi connectivity index (χ4v) is 3.90. The normalized spacial score (nSPS) is 16.8. The average Bonchev–Trinajstić information content (AvgIpc) is 2.72. The summed E-state index contributed by atoms with van der Waals surface area (Å²) in [5, 5.41) is 15.1. The van der Waals surface area contributed by atoms with Crippen LogP contribution >= 0.6 is 0 Å². The molecule has 0 radical (unpaired) electrons. The number of unbranched alkanes of at least 4 members (excludes halogenated alkanes) is 1. The van der Waals surface area contributed by atoms with Crippen LogP contribution in [-0.2, 0) is 13.0 Å². The first kappa shape index (κ1) is 20.2. The van der Waals surface area contributed by atoms with Crippen LogP contribution in [0.3, 0.4) is 0 Å². The molecule has 0 aliphatic carbocycles. The van der Waals surface area contributed by atoms with Crippen LogP contribution in [0.1, 0.15) is 57.1 Å². The number of benzene rings is 2. The molecule has 150 valence electrons. The van der Waals surface area contributed by atoms with Crippen molar-refractivity contribution in [3.8, 4) is 0 Å². The van der Waals surface area contributed by atoms with Crippen molar-refractivity contribution in [3.05, 3.63) is 63.7 Å². The van der Waals surface area contributed by atoms with E-state index in [4.69, 9.17) is 0 Å². The number of nitro groups is 1. The minimum absolute atomic E-state index is 0.211. The third kappa shape index (κ3) is 5.03. The molecule has 2 aromatic rings. The molecule has 28 heavy (non-hydrogen) atoms. The van der Waals surface area contributed by atoms with Crippen molar-refractivity contribution in [2.24, 2.45) is 0 Å². The Balaban J connectivity index is 1.69. The number of nitrogens with one attached hydrogen (secondary N) is 1. The van der Waals surface area contributed by atoms with E-state index in [0.717, 1.165) is 42.7 Å². The fourth-order valence-electron chi connectivity index (χ4n) is 3.90. The molecule has 0 saturated carbocycles. The maximum atomic E-state index is 11.7. The Kier molecular flexibility index (Phi) is 6.90. The largest absolute Gasteiger partial charge is 0.381 e. The number of rotatable bonds is 8. The molecule has 1 aliphatic heterocycles. The standard InChI is InChI=1S/C23H31N3O2/c1-3-4-8-19-9-12-21(13-10-19)24-17-20-11-14-22(23(16-20)26(27)28)25-15-6-5-7-18(25)2/h9-14,16,18,24H,3-8,15,17H2,1-2H3/t18-/m0/s1. The first-order valence-corrected chi connectivity index (χ1v) is 10.4. The van der Waals surface area contributed by atoms with E-state index < -0.39 is 0 Å². The van der Waals surface area contributed by atoms with E-state index in [9.17, 15) is 10.1 Å². The summed E-state index contributed by atoms with van der Waals surface area (Å²) < 4.78 is 0. The van der Waals surface area contributed by atoms with E-state index in [1.54, 1.807) is 6.07 Å². The number of hydrogen-bond acceptors (Lipinski definition) is 4. The monoisotopic (exact) mass is 381 g/mol. The Morgan fingerprint density at radius 3 is 2.57 bits per heavy atom. The molecular weight excluding hydrogens is 350 g/mol. The third-order valence-electron chi connectivity index (χ3n) is 5.62. The number of hydrogen-bond donors (Lipinski definition) is 1. The molecule has 5 nitrogen and oxygen atoms in total. The molecule has 1 heterocycles. The highest BCUT2D eigenvalue weighted by atomic mass is 16.6. The summed E-state index contributed by atoms with van der Waals surface area (Å²) in [6.45, 7) is 5.82. The Hall–Kier alpha value is -2.56. The van der Waals surface area contributed by atoms with Crippen LogP contribution in [0.15, 0.2) is 42.5 Å². The molecule has 0 spiro atoms. The van der Waals surface area contributed by atoms with Crippen LogP contribution in [0.5, 0.6) is 0 Å². The van der Waals surface area contributed by atoms with Crippen LogP contribution < -0.4 is 10.2 Å². The van der Waals surface area contributed by atoms with Crippen LogP contribution in [0.2, 0.25) is 0 Å². The van der Waals surface area contributed by atoms with Gasteiger partial charge in [0.1, 0.15) is 5.69 Å². The molecule has 2 aromatic carbocycles. The molecular formula is C23H31N3O2. The SMILES string of the molecule is CCCCc1ccc(NCc2ccc(N3CCCC[C@@H]3C)c([N+](=O)[O-])c2)cc1. The summed E-state index contributed by atoms with van der Waals surface area (Å²) in [7, 11) is 0. The van der Waals surface area contributed by atoms with Gasteiger partial charge in [-0.3, -0.25) is 10.1 Å². The van der Waals surface area contributed by atoms with Gasteiger partial charge in [0.05, 0.1) is 4.92 Å². The fraction of sp³-hybridized carbons (Fsp3) is 0.478. The van der Waals surface area contributed by atoms with Gasteiger partial charge in [0, 0.05) is 30.9 Å². The summed E-state index contributed by atoms with van der Waals surface area (Å²) in [6, 6.07) is 14.5. The summed E-state index contributed by atoms with van der Waals surface area (Å²) in [4.78, 5) is 13.6. The lowest BCUT2D eigenvalue weighted by atomic mass is 10.0. The molecule has 0 bridgehead atoms. The molecule has 1 atom stereocenters. The first-order chi connectivity index (χ1) is 13.6. The molecule has 1 saturated heterocycles. The second-order valence-corrected chi connectivity index (χ2v) is 7.77. The smallest absolute Gasteiger partial charge is 0.292 e. The van der Waals surface area contributed by atoms with Crippen molar-refractivity contribution >= 4 is 17.1 Å². The second kappa shape index (κ2) is 9.58. The molecule has 1 N–H and O–H groups in total. The molecule has 1 fully saturated rings. The Bertz CT molecular complexity index is 789. The van der Waals surface area contributed by atoms with Crippen molar-refractivity contribution in [3.63, 3.8) is 0 Å². The molecule has 0 unspecified atom stereocenters. The van der Waals surface area contributed by atoms with Crippen LogP contribution in [0.4, 0.5) is 17.1 Å². The topological polar surface area (TPSA) is 58.4 Å². The van der Waals surface area contributed by atoms with Crippen molar-refractivity contribution in [2.45, 2.75) is 65.0 Å². The zero-order valence-corrected chi connectivity index (χ0v) is 17.0. The Labute approximate surface area is 167 Å². The minimum Gasteiger partial charge on any atom is -0.381 e. The second-order valence-electron chi connectivity index (χ2n) is 7.77. The van der Waals surface area contributed by atoms with Gasteiger partial charge < -0.3 is 10.2 Å². The van der Waals surface area contributed by atoms with Gasteiger partial charge in [-0.2, -0.15) is 0 Å². The van der Waals surface area contributed by atoms with E-state index in [-0.39, 0.29) is 10.6 Å². The van der Waals surface area contributed by atoms with Gasteiger partial charge in [-0.1, -0.05) is 31.5 Å². The van der Waals surface area contributed by atoms with Crippen molar-refractivity contribution in [1.82, 2.24) is 0 Å². The van der Waals surface area contributed by atoms with Crippen molar-refractivity contribution in [1.29, 1.82) is 0 Å². The third-order valence-corrected chi connectivity index (χ3v) is 5.62. The van der Waals surface area contributed by atoms with E-state index in [0.29, 0.717) is 12.6 Å². The lowest BCUT2D eigenvalue weighted by molar-refractivity contribution is -0.384. The first-order valence-electron chi connectivity index (χ1n) is 10.4. The van der Waals surface area contributed by atoms with Crippen LogP contribution in [0.25, 0.3) is 0 Å². The van der Waals surface area contributed by atoms with Crippen molar-refractivity contribution in [2.75, 3.05) is 16.8 Å². The molecule has 1 aliphatic rings. The highest BCUT2D eigenvalue weighted by molar-refractivity contribution is 5.65. The van der Waals surface area contributed by atoms with Gasteiger partial charge in [0.25, 0.3) is 5.69 Å². The summed E-state index contributed by atoms with van der Waals surface area (Å²) >= 11 is 0. The van der Waals surface area contributed by atoms with E-state index >= 15 is 0 Å². The van der Waals surface area contributed by atoms with Crippen molar-refractivity contribution < 1.29 is 4.92 Å².